The number of hydrogen-bond donors (Lipinski definition) is 0. The molecule has 332 valence electrons. The second-order valence-corrected chi connectivity index (χ2v) is 17.6. The van der Waals surface area contributed by atoms with Crippen LogP contribution >= 0.6 is 0 Å². The Bertz CT molecular complexity index is 571. The van der Waals surface area contributed by atoms with Gasteiger partial charge in [-0.25, -0.2) is 0 Å². The van der Waals surface area contributed by atoms with Crippen molar-refractivity contribution >= 4 is 0 Å². The summed E-state index contributed by atoms with van der Waals surface area (Å²) in [5.41, 5.74) is 0. The Hall–Kier alpha value is -0.0265. The van der Waals surface area contributed by atoms with Gasteiger partial charge in [0.05, 0.1) is 0 Å². The third kappa shape index (κ3) is 63.3. The molecule has 0 aromatic heterocycles. The van der Waals surface area contributed by atoms with Crippen LogP contribution in [-0.4, -0.2) is 0 Å². The van der Waals surface area contributed by atoms with Gasteiger partial charge in [-0.2, -0.15) is 0 Å². The van der Waals surface area contributed by atoms with Crippen LogP contribution in [0.25, 0.3) is 0 Å². The average molecular weight is 814 g/mol. The Balaban J connectivity index is -0.000000966. The van der Waals surface area contributed by atoms with Gasteiger partial charge in [0, 0.05) is 0 Å². The molecule has 0 saturated heterocycles. The molecule has 0 heterocycles. The van der Waals surface area contributed by atoms with Gasteiger partial charge in [0.2, 0.25) is 0 Å². The van der Waals surface area contributed by atoms with Crippen LogP contribution in [-0.2, 0) is 16.5 Å². The SMILES string of the molecule is [CH-]=CCCCCCCCCCCCCCCCCCCCCCCCCC.[CH-]=CCCCCCCCCCCCCCCCCCCCCCCCCC.[Ni+2]. The van der Waals surface area contributed by atoms with Crippen LogP contribution in [0.3, 0.4) is 0 Å². The van der Waals surface area contributed by atoms with E-state index in [1.54, 1.807) is 12.2 Å². The fourth-order valence-corrected chi connectivity index (χ4v) is 8.10. The standard InChI is InChI=1S/2C27H53.Ni/c2*1-3-5-7-9-11-13-15-17-19-21-23-25-27-26-24-22-20-18-16-14-12-10-8-6-4-2;/h2*1,3H,4-27H2,2H3;/q2*-1;+2. The zero-order valence-electron chi connectivity index (χ0n) is 38.6. The zero-order valence-corrected chi connectivity index (χ0v) is 39.6. The van der Waals surface area contributed by atoms with Crippen molar-refractivity contribution in [2.45, 2.75) is 322 Å². The normalized spacial score (nSPS) is 10.9. The van der Waals surface area contributed by atoms with Crippen molar-refractivity contribution in [3.8, 4) is 0 Å². The van der Waals surface area contributed by atoms with Crippen LogP contribution in [0.5, 0.6) is 0 Å². The van der Waals surface area contributed by atoms with Gasteiger partial charge in [-0.15, -0.1) is 0 Å². The maximum Gasteiger partial charge on any atom is 2.00 e. The van der Waals surface area contributed by atoms with Gasteiger partial charge < -0.3 is 13.2 Å². The Labute approximate surface area is 362 Å². The monoisotopic (exact) mass is 813 g/mol. The number of rotatable bonds is 48. The summed E-state index contributed by atoms with van der Waals surface area (Å²) in [6.45, 7) is 15.4. The van der Waals surface area contributed by atoms with E-state index >= 15 is 0 Å². The van der Waals surface area contributed by atoms with Crippen molar-refractivity contribution in [3.63, 3.8) is 0 Å². The van der Waals surface area contributed by atoms with E-state index in [1.807, 2.05) is 0 Å². The molecular formula is C54H106Ni. The number of hydrogen-bond acceptors (Lipinski definition) is 0. The predicted octanol–water partition coefficient (Wildman–Crippen LogP) is 20.7. The minimum atomic E-state index is 0. The maximum atomic E-state index is 5.40. The van der Waals surface area contributed by atoms with Gasteiger partial charge in [-0.1, -0.05) is 322 Å². The van der Waals surface area contributed by atoms with E-state index < -0.39 is 0 Å². The van der Waals surface area contributed by atoms with Gasteiger partial charge in [0.1, 0.15) is 0 Å². The van der Waals surface area contributed by atoms with Gasteiger partial charge in [-0.05, 0) is 0 Å². The first-order valence-electron chi connectivity index (χ1n) is 25.9. The molecule has 0 unspecified atom stereocenters. The smallest absolute Gasteiger partial charge is 0.518 e. The summed E-state index contributed by atoms with van der Waals surface area (Å²) < 4.78 is 0. The van der Waals surface area contributed by atoms with Gasteiger partial charge in [0.15, 0.2) is 0 Å². The van der Waals surface area contributed by atoms with E-state index in [4.69, 9.17) is 13.2 Å². The minimum Gasteiger partial charge on any atom is -0.518 e. The number of allylic oxidation sites excluding steroid dienone is 2. The molecule has 0 atom stereocenters. The molecule has 0 bridgehead atoms. The Morgan fingerprint density at radius 1 is 0.200 bits per heavy atom. The molecule has 0 N–H and O–H groups in total. The van der Waals surface area contributed by atoms with E-state index in [0.29, 0.717) is 0 Å². The van der Waals surface area contributed by atoms with Crippen LogP contribution in [0.4, 0.5) is 0 Å². The molecule has 0 nitrogen and oxygen atoms in total. The molecule has 0 fully saturated rings. The summed E-state index contributed by atoms with van der Waals surface area (Å²) in [6, 6.07) is 0. The minimum absolute atomic E-state index is 0. The Morgan fingerprint density at radius 3 is 0.418 bits per heavy atom. The van der Waals surface area contributed by atoms with Crippen LogP contribution in [0.2, 0.25) is 0 Å². The zero-order chi connectivity index (χ0) is 39.4. The Morgan fingerprint density at radius 2 is 0.309 bits per heavy atom. The third-order valence-corrected chi connectivity index (χ3v) is 11.9. The molecule has 0 radical (unpaired) electrons. The second-order valence-electron chi connectivity index (χ2n) is 17.6. The van der Waals surface area contributed by atoms with Crippen molar-refractivity contribution in [1.29, 1.82) is 0 Å². The average Bonchev–Trinajstić information content (AvgIpc) is 3.18. The number of unbranched alkanes of at least 4 members (excludes halogenated alkanes) is 46. The van der Waals surface area contributed by atoms with E-state index in [2.05, 4.69) is 13.8 Å². The molecule has 0 amide bonds. The second kappa shape index (κ2) is 60.6. The molecule has 0 spiro atoms. The quantitative estimate of drug-likeness (QED) is 0.0326. The van der Waals surface area contributed by atoms with Crippen molar-refractivity contribution in [2.24, 2.45) is 0 Å². The van der Waals surface area contributed by atoms with E-state index in [-0.39, 0.29) is 16.5 Å². The molecule has 0 aromatic carbocycles. The van der Waals surface area contributed by atoms with Crippen LogP contribution < -0.4 is 0 Å². The molecule has 55 heavy (non-hydrogen) atoms. The summed E-state index contributed by atoms with van der Waals surface area (Å²) in [7, 11) is 0. The predicted molar refractivity (Wildman–Crippen MR) is 251 cm³/mol. The molecule has 0 rings (SSSR count). The molecule has 0 aliphatic carbocycles. The molecule has 0 aliphatic heterocycles. The molecule has 0 saturated carbocycles. The third-order valence-electron chi connectivity index (χ3n) is 11.9. The summed E-state index contributed by atoms with van der Waals surface area (Å²) >= 11 is 0. The molecule has 0 aliphatic rings. The van der Waals surface area contributed by atoms with Crippen LogP contribution in [0.1, 0.15) is 322 Å². The van der Waals surface area contributed by atoms with Gasteiger partial charge in [0.25, 0.3) is 0 Å². The van der Waals surface area contributed by atoms with Crippen molar-refractivity contribution in [3.05, 3.63) is 25.3 Å². The van der Waals surface area contributed by atoms with Gasteiger partial charge in [-0.3, -0.25) is 12.2 Å². The molecule has 0 aromatic rings. The van der Waals surface area contributed by atoms with Gasteiger partial charge >= 0.3 is 16.5 Å². The van der Waals surface area contributed by atoms with Crippen molar-refractivity contribution in [2.75, 3.05) is 0 Å². The van der Waals surface area contributed by atoms with Crippen molar-refractivity contribution < 1.29 is 16.5 Å². The van der Waals surface area contributed by atoms with E-state index in [1.165, 1.54) is 295 Å². The fraction of sp³-hybridized carbons (Fsp3) is 0.926. The summed E-state index contributed by atoms with van der Waals surface area (Å²) in [6.07, 6.45) is 72.6. The summed E-state index contributed by atoms with van der Waals surface area (Å²) in [4.78, 5) is 0. The molecule has 1 heteroatoms. The van der Waals surface area contributed by atoms with Crippen molar-refractivity contribution in [1.82, 2.24) is 0 Å². The Kier molecular flexibility index (Phi) is 65.4. The maximum absolute atomic E-state index is 5.40. The first-order chi connectivity index (χ1) is 26.8. The summed E-state index contributed by atoms with van der Waals surface area (Å²) in [5, 5.41) is 0. The largest absolute Gasteiger partial charge is 2.00 e. The first kappa shape index (κ1) is 59.3. The van der Waals surface area contributed by atoms with Crippen LogP contribution in [0, 0.1) is 13.2 Å². The fourth-order valence-electron chi connectivity index (χ4n) is 8.10. The first-order valence-corrected chi connectivity index (χ1v) is 25.9. The van der Waals surface area contributed by atoms with E-state index in [9.17, 15) is 0 Å². The topological polar surface area (TPSA) is 0 Å². The van der Waals surface area contributed by atoms with E-state index in [0.717, 1.165) is 12.8 Å². The molecular weight excluding hydrogens is 707 g/mol. The summed E-state index contributed by atoms with van der Waals surface area (Å²) in [5.74, 6) is 0. The van der Waals surface area contributed by atoms with Crippen LogP contribution in [0.15, 0.2) is 12.2 Å².